The molecule has 0 aliphatic rings. The molecule has 0 spiro atoms. The van der Waals surface area contributed by atoms with Gasteiger partial charge in [0.1, 0.15) is 11.8 Å². The number of amides is 1. The first-order chi connectivity index (χ1) is 12.6. The molecule has 1 heterocycles. The molecule has 1 aromatic heterocycles. The van der Waals surface area contributed by atoms with Crippen LogP contribution in [0.2, 0.25) is 0 Å². The number of nitriles is 1. The predicted molar refractivity (Wildman–Crippen MR) is 100 cm³/mol. The first kappa shape index (κ1) is 17.1. The number of nitrogens with one attached hydrogen (secondary N) is 2. The zero-order valence-corrected chi connectivity index (χ0v) is 14.4. The van der Waals surface area contributed by atoms with Crippen LogP contribution in [0.1, 0.15) is 27.2 Å². The van der Waals surface area contributed by atoms with Crippen LogP contribution in [-0.4, -0.2) is 15.9 Å². The Morgan fingerprint density at radius 3 is 2.69 bits per heavy atom. The second-order valence-electron chi connectivity index (χ2n) is 5.82. The highest BCUT2D eigenvalue weighted by molar-refractivity contribution is 6.03. The highest BCUT2D eigenvalue weighted by Gasteiger charge is 2.11. The summed E-state index contributed by atoms with van der Waals surface area (Å²) in [5.74, 6) is -0.0703. The average molecular weight is 343 g/mol. The molecule has 0 aliphatic carbocycles. The van der Waals surface area contributed by atoms with Gasteiger partial charge in [0.25, 0.3) is 5.91 Å². The Balaban J connectivity index is 1.82. The number of carbonyl (C=O) groups excluding carboxylic acids is 1. The van der Waals surface area contributed by atoms with Crippen LogP contribution in [-0.2, 0) is 0 Å². The molecular weight excluding hydrogens is 326 g/mol. The van der Waals surface area contributed by atoms with Crippen LogP contribution in [0, 0.1) is 25.2 Å². The lowest BCUT2D eigenvalue weighted by Crippen LogP contribution is -2.15. The fourth-order valence-corrected chi connectivity index (χ4v) is 2.41. The average Bonchev–Trinajstić information content (AvgIpc) is 2.65. The maximum absolute atomic E-state index is 12.5. The van der Waals surface area contributed by atoms with Crippen molar-refractivity contribution in [1.82, 2.24) is 9.97 Å². The van der Waals surface area contributed by atoms with Crippen LogP contribution in [0.15, 0.2) is 54.7 Å². The van der Waals surface area contributed by atoms with Gasteiger partial charge in [0.2, 0.25) is 5.95 Å². The molecule has 0 aliphatic heterocycles. The Labute approximate surface area is 151 Å². The van der Waals surface area contributed by atoms with Crippen molar-refractivity contribution in [2.45, 2.75) is 13.8 Å². The van der Waals surface area contributed by atoms with Gasteiger partial charge in [-0.1, -0.05) is 24.3 Å². The number of carbonyl (C=O) groups is 1. The van der Waals surface area contributed by atoms with E-state index in [1.54, 1.807) is 30.3 Å². The fraction of sp³-hybridized carbons (Fsp3) is 0.100. The van der Waals surface area contributed by atoms with Crippen molar-refractivity contribution in [1.29, 1.82) is 5.26 Å². The normalized spacial score (nSPS) is 10.0. The summed E-state index contributed by atoms with van der Waals surface area (Å²) in [7, 11) is 0. The second-order valence-corrected chi connectivity index (χ2v) is 5.82. The maximum Gasteiger partial charge on any atom is 0.274 e. The minimum atomic E-state index is -0.322. The molecule has 0 bridgehead atoms. The van der Waals surface area contributed by atoms with Gasteiger partial charge in [0.05, 0.1) is 11.3 Å². The van der Waals surface area contributed by atoms with E-state index in [0.29, 0.717) is 11.3 Å². The van der Waals surface area contributed by atoms with E-state index in [9.17, 15) is 4.79 Å². The maximum atomic E-state index is 12.5. The van der Waals surface area contributed by atoms with Crippen molar-refractivity contribution < 1.29 is 4.79 Å². The van der Waals surface area contributed by atoms with Crippen molar-refractivity contribution in [2.24, 2.45) is 0 Å². The van der Waals surface area contributed by atoms with Crippen LogP contribution in [0.25, 0.3) is 0 Å². The van der Waals surface area contributed by atoms with Crippen LogP contribution in [0.4, 0.5) is 17.3 Å². The molecule has 0 radical (unpaired) electrons. The molecule has 6 nitrogen and oxygen atoms in total. The van der Waals surface area contributed by atoms with E-state index < -0.39 is 0 Å². The third kappa shape index (κ3) is 3.84. The SMILES string of the molecule is Cc1ccc(C)c(NC(=O)c2ccnc(Nc3ccccc3C#N)n2)c1. The molecule has 2 N–H and O–H groups in total. The van der Waals surface area contributed by atoms with Crippen LogP contribution in [0.3, 0.4) is 0 Å². The molecule has 2 aromatic carbocycles. The van der Waals surface area contributed by atoms with Gasteiger partial charge in [-0.15, -0.1) is 0 Å². The number of benzene rings is 2. The predicted octanol–water partition coefficient (Wildman–Crippen LogP) is 3.96. The highest BCUT2D eigenvalue weighted by Crippen LogP contribution is 2.19. The van der Waals surface area contributed by atoms with E-state index in [2.05, 4.69) is 26.7 Å². The van der Waals surface area contributed by atoms with Gasteiger partial charge < -0.3 is 10.6 Å². The van der Waals surface area contributed by atoms with Gasteiger partial charge >= 0.3 is 0 Å². The quantitative estimate of drug-likeness (QED) is 0.748. The topological polar surface area (TPSA) is 90.7 Å². The summed E-state index contributed by atoms with van der Waals surface area (Å²) in [5.41, 5.74) is 4.07. The molecule has 0 saturated heterocycles. The highest BCUT2D eigenvalue weighted by atomic mass is 16.1. The van der Waals surface area contributed by atoms with Gasteiger partial charge in [-0.25, -0.2) is 9.97 Å². The number of hydrogen-bond donors (Lipinski definition) is 2. The van der Waals surface area contributed by atoms with E-state index >= 15 is 0 Å². The van der Waals surface area contributed by atoms with Crippen molar-refractivity contribution in [2.75, 3.05) is 10.6 Å². The molecule has 0 unspecified atom stereocenters. The molecule has 0 atom stereocenters. The zero-order valence-electron chi connectivity index (χ0n) is 14.4. The Morgan fingerprint density at radius 2 is 1.88 bits per heavy atom. The summed E-state index contributed by atoms with van der Waals surface area (Å²) >= 11 is 0. The van der Waals surface area contributed by atoms with Crippen molar-refractivity contribution in [3.8, 4) is 6.07 Å². The first-order valence-corrected chi connectivity index (χ1v) is 8.04. The van der Waals surface area contributed by atoms with Gasteiger partial charge in [0, 0.05) is 11.9 Å². The van der Waals surface area contributed by atoms with Crippen molar-refractivity contribution in [3.05, 3.63) is 77.1 Å². The summed E-state index contributed by atoms with van der Waals surface area (Å²) in [4.78, 5) is 20.9. The summed E-state index contributed by atoms with van der Waals surface area (Å²) in [6.45, 7) is 3.90. The molecule has 3 aromatic rings. The largest absolute Gasteiger partial charge is 0.323 e. The number of aryl methyl sites for hydroxylation is 2. The number of hydrogen-bond acceptors (Lipinski definition) is 5. The standard InChI is InChI=1S/C20H17N5O/c1-13-7-8-14(2)18(11-13)23-19(26)17-9-10-22-20(25-17)24-16-6-4-3-5-15(16)12-21/h3-11H,1-2H3,(H,23,26)(H,22,24,25). The lowest BCUT2D eigenvalue weighted by Gasteiger charge is -2.10. The van der Waals surface area contributed by atoms with Crippen molar-refractivity contribution >= 4 is 23.2 Å². The van der Waals surface area contributed by atoms with Gasteiger partial charge in [0.15, 0.2) is 0 Å². The Hall–Kier alpha value is -3.72. The van der Waals surface area contributed by atoms with E-state index in [1.807, 2.05) is 32.0 Å². The third-order valence-corrected chi connectivity index (χ3v) is 3.82. The summed E-state index contributed by atoms with van der Waals surface area (Å²) in [5, 5.41) is 15.0. The first-order valence-electron chi connectivity index (χ1n) is 8.04. The summed E-state index contributed by atoms with van der Waals surface area (Å²) in [6.07, 6.45) is 1.50. The molecule has 26 heavy (non-hydrogen) atoms. The third-order valence-electron chi connectivity index (χ3n) is 3.82. The van der Waals surface area contributed by atoms with E-state index in [4.69, 9.17) is 5.26 Å². The second kappa shape index (κ2) is 7.45. The van der Waals surface area contributed by atoms with Gasteiger partial charge in [-0.2, -0.15) is 5.26 Å². The summed E-state index contributed by atoms with van der Waals surface area (Å²) in [6, 6.07) is 16.5. The number of nitrogens with zero attached hydrogens (tertiary/aromatic N) is 3. The summed E-state index contributed by atoms with van der Waals surface area (Å²) < 4.78 is 0. The fourth-order valence-electron chi connectivity index (χ4n) is 2.41. The minimum absolute atomic E-state index is 0.234. The van der Waals surface area contributed by atoms with Crippen LogP contribution >= 0.6 is 0 Å². The van der Waals surface area contributed by atoms with E-state index in [0.717, 1.165) is 16.8 Å². The van der Waals surface area contributed by atoms with Crippen molar-refractivity contribution in [3.63, 3.8) is 0 Å². The Bertz CT molecular complexity index is 1010. The number of anilines is 3. The molecule has 128 valence electrons. The molecule has 0 fully saturated rings. The molecule has 6 heteroatoms. The van der Waals surface area contributed by atoms with Crippen LogP contribution < -0.4 is 10.6 Å². The lowest BCUT2D eigenvalue weighted by molar-refractivity contribution is 0.102. The number of para-hydroxylation sites is 1. The van der Waals surface area contributed by atoms with E-state index in [1.165, 1.54) is 6.20 Å². The smallest absolute Gasteiger partial charge is 0.274 e. The molecule has 3 rings (SSSR count). The molecular formula is C20H17N5O. The Morgan fingerprint density at radius 1 is 1.08 bits per heavy atom. The van der Waals surface area contributed by atoms with Crippen LogP contribution in [0.5, 0.6) is 0 Å². The molecule has 1 amide bonds. The monoisotopic (exact) mass is 343 g/mol. The minimum Gasteiger partial charge on any atom is -0.323 e. The lowest BCUT2D eigenvalue weighted by atomic mass is 10.1. The number of rotatable bonds is 4. The Kier molecular flexibility index (Phi) is 4.90. The van der Waals surface area contributed by atoms with Gasteiger partial charge in [-0.3, -0.25) is 4.79 Å². The molecule has 0 saturated carbocycles. The zero-order chi connectivity index (χ0) is 18.5. The van der Waals surface area contributed by atoms with Gasteiger partial charge in [-0.05, 0) is 49.2 Å². The van der Waals surface area contributed by atoms with E-state index in [-0.39, 0.29) is 17.5 Å². The number of aromatic nitrogens is 2.